The number of aliphatic hydroxyl groups is 1. The molecule has 1 aromatic carbocycles. The van der Waals surface area contributed by atoms with Crippen molar-refractivity contribution in [3.63, 3.8) is 0 Å². The SMILES string of the molecule is CC1(O)C2CCCCCC2=NN1c1nc2ccccc2s1. The molecule has 1 aliphatic carbocycles. The van der Waals surface area contributed by atoms with Gasteiger partial charge in [-0.15, -0.1) is 0 Å². The molecule has 2 atom stereocenters. The van der Waals surface area contributed by atoms with Crippen molar-refractivity contribution in [1.29, 1.82) is 0 Å². The number of hydrazone groups is 1. The number of fused-ring (bicyclic) bond motifs is 2. The first kappa shape index (κ1) is 13.2. The average Bonchev–Trinajstić information content (AvgIpc) is 2.87. The van der Waals surface area contributed by atoms with Gasteiger partial charge in [-0.1, -0.05) is 36.3 Å². The van der Waals surface area contributed by atoms with Gasteiger partial charge in [-0.2, -0.15) is 5.10 Å². The maximum absolute atomic E-state index is 11.0. The summed E-state index contributed by atoms with van der Waals surface area (Å²) in [5.74, 6) is 0.145. The number of hydrogen-bond acceptors (Lipinski definition) is 5. The third kappa shape index (κ3) is 2.07. The van der Waals surface area contributed by atoms with Gasteiger partial charge in [0, 0.05) is 11.6 Å². The van der Waals surface area contributed by atoms with Crippen LogP contribution in [-0.2, 0) is 0 Å². The summed E-state index contributed by atoms with van der Waals surface area (Å²) in [5.41, 5.74) is 1.17. The van der Waals surface area contributed by atoms with Crippen LogP contribution in [-0.4, -0.2) is 21.5 Å². The molecule has 4 nitrogen and oxygen atoms in total. The molecule has 2 heterocycles. The first-order valence-electron chi connectivity index (χ1n) is 7.62. The lowest BCUT2D eigenvalue weighted by atomic mass is 9.89. The first-order valence-corrected chi connectivity index (χ1v) is 8.43. The minimum atomic E-state index is -0.951. The zero-order valence-electron chi connectivity index (χ0n) is 12.1. The van der Waals surface area contributed by atoms with Crippen molar-refractivity contribution < 1.29 is 5.11 Å². The Morgan fingerprint density at radius 1 is 1.29 bits per heavy atom. The number of thiazole rings is 1. The largest absolute Gasteiger partial charge is 0.369 e. The van der Waals surface area contributed by atoms with E-state index < -0.39 is 5.72 Å². The Kier molecular flexibility index (Phi) is 3.01. The van der Waals surface area contributed by atoms with E-state index in [1.807, 2.05) is 25.1 Å². The highest BCUT2D eigenvalue weighted by Gasteiger charge is 2.47. The van der Waals surface area contributed by atoms with Crippen LogP contribution in [0, 0.1) is 5.92 Å². The lowest BCUT2D eigenvalue weighted by Gasteiger charge is -2.32. The van der Waals surface area contributed by atoms with Gasteiger partial charge in [0.25, 0.3) is 0 Å². The molecular formula is C16H19N3OS. The Bertz CT molecular complexity index is 673. The molecule has 1 N–H and O–H groups in total. The molecule has 0 amide bonds. The number of nitrogens with zero attached hydrogens (tertiary/aromatic N) is 3. The van der Waals surface area contributed by atoms with E-state index in [-0.39, 0.29) is 5.92 Å². The van der Waals surface area contributed by atoms with Gasteiger partial charge in [0.05, 0.1) is 10.2 Å². The van der Waals surface area contributed by atoms with E-state index >= 15 is 0 Å². The van der Waals surface area contributed by atoms with Crippen molar-refractivity contribution in [2.75, 3.05) is 5.01 Å². The fourth-order valence-corrected chi connectivity index (χ4v) is 4.46. The summed E-state index contributed by atoms with van der Waals surface area (Å²) in [4.78, 5) is 4.65. The van der Waals surface area contributed by atoms with Crippen molar-refractivity contribution in [1.82, 2.24) is 4.98 Å². The number of hydrogen-bond donors (Lipinski definition) is 1. The second-order valence-electron chi connectivity index (χ2n) is 6.11. The minimum absolute atomic E-state index is 0.145. The maximum Gasteiger partial charge on any atom is 0.209 e. The highest BCUT2D eigenvalue weighted by atomic mass is 32.1. The molecule has 0 spiro atoms. The molecule has 1 aliphatic heterocycles. The summed E-state index contributed by atoms with van der Waals surface area (Å²) in [7, 11) is 0. The topological polar surface area (TPSA) is 48.7 Å². The number of benzene rings is 1. The van der Waals surface area contributed by atoms with E-state index in [2.05, 4.69) is 11.1 Å². The summed E-state index contributed by atoms with van der Waals surface area (Å²) in [5, 5.41) is 18.3. The Balaban J connectivity index is 1.77. The standard InChI is InChI=1S/C16H19N3OS/c1-16(20)11-7-3-2-4-8-12(11)18-19(16)15-17-13-9-5-6-10-14(13)21-15/h5-6,9-11,20H,2-4,7-8H2,1H3. The van der Waals surface area contributed by atoms with Gasteiger partial charge < -0.3 is 5.11 Å². The van der Waals surface area contributed by atoms with Crippen molar-refractivity contribution in [3.05, 3.63) is 24.3 Å². The van der Waals surface area contributed by atoms with Gasteiger partial charge in [0.15, 0.2) is 5.72 Å². The Morgan fingerprint density at radius 2 is 2.14 bits per heavy atom. The van der Waals surface area contributed by atoms with Crippen molar-refractivity contribution in [2.24, 2.45) is 11.0 Å². The molecule has 1 fully saturated rings. The highest BCUT2D eigenvalue weighted by Crippen LogP contribution is 2.42. The van der Waals surface area contributed by atoms with Crippen LogP contribution in [0.5, 0.6) is 0 Å². The van der Waals surface area contributed by atoms with Crippen molar-refractivity contribution in [3.8, 4) is 0 Å². The lowest BCUT2D eigenvalue weighted by molar-refractivity contribution is 0.0295. The monoisotopic (exact) mass is 301 g/mol. The van der Waals surface area contributed by atoms with E-state index in [0.717, 1.165) is 33.9 Å². The first-order chi connectivity index (χ1) is 10.2. The Morgan fingerprint density at radius 3 is 3.00 bits per heavy atom. The lowest BCUT2D eigenvalue weighted by Crippen LogP contribution is -2.46. The molecule has 5 heteroatoms. The van der Waals surface area contributed by atoms with Crippen LogP contribution in [0.1, 0.15) is 39.0 Å². The predicted molar refractivity (Wildman–Crippen MR) is 86.7 cm³/mol. The van der Waals surface area contributed by atoms with Crippen LogP contribution >= 0.6 is 11.3 Å². The van der Waals surface area contributed by atoms with E-state index in [9.17, 15) is 5.11 Å². The van der Waals surface area contributed by atoms with Gasteiger partial charge in [-0.05, 0) is 38.3 Å². The second-order valence-corrected chi connectivity index (χ2v) is 7.12. The molecule has 2 unspecified atom stereocenters. The fraction of sp³-hybridized carbons (Fsp3) is 0.500. The number of para-hydroxylation sites is 1. The maximum atomic E-state index is 11.0. The summed E-state index contributed by atoms with van der Waals surface area (Å²) < 4.78 is 1.13. The van der Waals surface area contributed by atoms with Gasteiger partial charge in [0.2, 0.25) is 5.13 Å². The zero-order valence-corrected chi connectivity index (χ0v) is 12.9. The number of aromatic nitrogens is 1. The van der Waals surface area contributed by atoms with E-state index in [0.29, 0.717) is 0 Å². The minimum Gasteiger partial charge on any atom is -0.369 e. The third-order valence-electron chi connectivity index (χ3n) is 4.61. The summed E-state index contributed by atoms with van der Waals surface area (Å²) in [6, 6.07) is 8.07. The fourth-order valence-electron chi connectivity index (χ4n) is 3.45. The van der Waals surface area contributed by atoms with E-state index in [1.165, 1.54) is 19.3 Å². The molecule has 1 aromatic heterocycles. The smallest absolute Gasteiger partial charge is 0.209 e. The quantitative estimate of drug-likeness (QED) is 0.872. The van der Waals surface area contributed by atoms with Crippen LogP contribution in [0.3, 0.4) is 0 Å². The van der Waals surface area contributed by atoms with Crippen LogP contribution in [0.4, 0.5) is 5.13 Å². The summed E-state index contributed by atoms with van der Waals surface area (Å²) in [6.07, 6.45) is 5.62. The van der Waals surface area contributed by atoms with Gasteiger partial charge >= 0.3 is 0 Å². The van der Waals surface area contributed by atoms with Crippen molar-refractivity contribution >= 4 is 32.4 Å². The normalized spacial score (nSPS) is 29.3. The Labute approximate surface area is 128 Å². The van der Waals surface area contributed by atoms with Gasteiger partial charge in [-0.3, -0.25) is 0 Å². The molecule has 2 aliphatic rings. The second kappa shape index (κ2) is 4.78. The highest BCUT2D eigenvalue weighted by molar-refractivity contribution is 7.22. The molecule has 0 radical (unpaired) electrons. The van der Waals surface area contributed by atoms with Gasteiger partial charge in [-0.25, -0.2) is 9.99 Å². The summed E-state index contributed by atoms with van der Waals surface area (Å²) >= 11 is 1.60. The molecule has 21 heavy (non-hydrogen) atoms. The number of anilines is 1. The van der Waals surface area contributed by atoms with Crippen molar-refractivity contribution in [2.45, 2.75) is 44.8 Å². The van der Waals surface area contributed by atoms with Crippen LogP contribution < -0.4 is 5.01 Å². The zero-order chi connectivity index (χ0) is 14.4. The summed E-state index contributed by atoms with van der Waals surface area (Å²) in [6.45, 7) is 1.88. The molecule has 4 rings (SSSR count). The Hall–Kier alpha value is -1.46. The van der Waals surface area contributed by atoms with Gasteiger partial charge in [0.1, 0.15) is 0 Å². The molecule has 2 aromatic rings. The van der Waals surface area contributed by atoms with Crippen LogP contribution in [0.25, 0.3) is 10.2 Å². The molecule has 0 saturated heterocycles. The third-order valence-corrected chi connectivity index (χ3v) is 5.62. The average molecular weight is 301 g/mol. The molecule has 1 saturated carbocycles. The predicted octanol–water partition coefficient (Wildman–Crippen LogP) is 3.76. The van der Waals surface area contributed by atoms with Crippen LogP contribution in [0.2, 0.25) is 0 Å². The molecule has 110 valence electrons. The van der Waals surface area contributed by atoms with E-state index in [1.54, 1.807) is 16.3 Å². The van der Waals surface area contributed by atoms with Crippen LogP contribution in [0.15, 0.2) is 29.4 Å². The molecule has 0 bridgehead atoms. The molecular weight excluding hydrogens is 282 g/mol. The van der Waals surface area contributed by atoms with E-state index in [4.69, 9.17) is 5.10 Å². The number of rotatable bonds is 1.